The molecule has 1 aliphatic rings. The minimum Gasteiger partial charge on any atom is -0.478 e. The molecule has 0 radical (unpaired) electrons. The van der Waals surface area contributed by atoms with Crippen molar-refractivity contribution in [3.63, 3.8) is 0 Å². The number of hydrogen-bond donors (Lipinski definition) is 3. The third-order valence-corrected chi connectivity index (χ3v) is 4.00. The van der Waals surface area contributed by atoms with E-state index in [2.05, 4.69) is 42.5 Å². The quantitative estimate of drug-likeness (QED) is 0.679. The smallest absolute Gasteiger partial charge is 0.337 e. The van der Waals surface area contributed by atoms with Crippen LogP contribution in [0.3, 0.4) is 0 Å². The van der Waals surface area contributed by atoms with E-state index >= 15 is 0 Å². The Bertz CT molecular complexity index is 545. The second kappa shape index (κ2) is 6.69. The molecule has 108 valence electrons. The van der Waals surface area contributed by atoms with Crippen LogP contribution in [0.1, 0.15) is 29.6 Å². The Morgan fingerprint density at radius 2 is 2.00 bits per heavy atom. The van der Waals surface area contributed by atoms with Crippen molar-refractivity contribution in [1.29, 1.82) is 0 Å². The van der Waals surface area contributed by atoms with Crippen LogP contribution < -0.4 is 10.6 Å². The highest BCUT2D eigenvalue weighted by atomic mass is 79.9. The molecular weight excluding hydrogens is 392 g/mol. The van der Waals surface area contributed by atoms with Crippen molar-refractivity contribution < 1.29 is 14.7 Å². The molecule has 7 heteroatoms. The molecule has 2 rings (SSSR count). The zero-order chi connectivity index (χ0) is 14.7. The van der Waals surface area contributed by atoms with E-state index in [1.807, 2.05) is 0 Å². The van der Waals surface area contributed by atoms with E-state index in [0.717, 1.165) is 0 Å². The van der Waals surface area contributed by atoms with Gasteiger partial charge in [0.05, 0.1) is 11.3 Å². The van der Waals surface area contributed by atoms with Gasteiger partial charge in [-0.1, -0.05) is 15.9 Å². The first-order valence-corrected chi connectivity index (χ1v) is 7.81. The first-order valence-electron chi connectivity index (χ1n) is 6.23. The number of hydrogen-bond acceptors (Lipinski definition) is 3. The van der Waals surface area contributed by atoms with Gasteiger partial charge in [-0.25, -0.2) is 4.79 Å². The van der Waals surface area contributed by atoms with Crippen LogP contribution >= 0.6 is 31.9 Å². The molecule has 0 bridgehead atoms. The maximum atomic E-state index is 11.8. The SMILES string of the molecule is O=C(CCNC1CC1)Nc1c(Br)cc(Br)cc1C(=O)O. The van der Waals surface area contributed by atoms with E-state index < -0.39 is 5.97 Å². The molecule has 0 saturated heterocycles. The van der Waals surface area contributed by atoms with E-state index in [1.54, 1.807) is 6.07 Å². The van der Waals surface area contributed by atoms with Crippen LogP contribution in [0.15, 0.2) is 21.1 Å². The van der Waals surface area contributed by atoms with Crippen LogP contribution in [0.2, 0.25) is 0 Å². The van der Waals surface area contributed by atoms with Crippen molar-refractivity contribution in [1.82, 2.24) is 5.32 Å². The molecule has 1 aromatic rings. The van der Waals surface area contributed by atoms with Gasteiger partial charge in [-0.05, 0) is 40.9 Å². The first kappa shape index (κ1) is 15.5. The number of nitrogens with one attached hydrogen (secondary N) is 2. The molecule has 1 amide bonds. The molecule has 0 atom stereocenters. The number of halogens is 2. The Balaban J connectivity index is 2.03. The minimum atomic E-state index is -1.08. The van der Waals surface area contributed by atoms with Crippen molar-refractivity contribution in [3.05, 3.63) is 26.6 Å². The number of rotatable bonds is 6. The Labute approximate surface area is 133 Å². The maximum absolute atomic E-state index is 11.8. The average molecular weight is 406 g/mol. The standard InChI is InChI=1S/C13H14Br2N2O3/c14-7-5-9(13(19)20)12(10(15)6-7)17-11(18)3-4-16-8-1-2-8/h5-6,8,16H,1-4H2,(H,17,18)(H,19,20). The van der Waals surface area contributed by atoms with Crippen LogP contribution in [0, 0.1) is 0 Å². The zero-order valence-corrected chi connectivity index (χ0v) is 13.8. The summed E-state index contributed by atoms with van der Waals surface area (Å²) in [6.07, 6.45) is 2.66. The highest BCUT2D eigenvalue weighted by molar-refractivity contribution is 9.11. The Hall–Kier alpha value is -0.920. The van der Waals surface area contributed by atoms with Crippen LogP contribution in [0.25, 0.3) is 0 Å². The van der Waals surface area contributed by atoms with E-state index in [0.29, 0.717) is 28.0 Å². The molecule has 0 spiro atoms. The van der Waals surface area contributed by atoms with Gasteiger partial charge in [0.25, 0.3) is 0 Å². The molecular formula is C13H14Br2N2O3. The number of carbonyl (C=O) groups excluding carboxylic acids is 1. The number of benzene rings is 1. The van der Waals surface area contributed by atoms with Gasteiger partial charge in [0.2, 0.25) is 5.91 Å². The molecule has 0 aromatic heterocycles. The predicted molar refractivity (Wildman–Crippen MR) is 83.1 cm³/mol. The van der Waals surface area contributed by atoms with Crippen molar-refractivity contribution >= 4 is 49.4 Å². The van der Waals surface area contributed by atoms with Gasteiger partial charge >= 0.3 is 5.97 Å². The molecule has 1 aromatic carbocycles. The summed E-state index contributed by atoms with van der Waals surface area (Å²) in [6.45, 7) is 0.604. The number of carboxylic acid groups (broad SMARTS) is 1. The van der Waals surface area contributed by atoms with Crippen LogP contribution in [0.5, 0.6) is 0 Å². The second-order valence-corrected chi connectivity index (χ2v) is 6.41. The van der Waals surface area contributed by atoms with Crippen molar-refractivity contribution in [2.45, 2.75) is 25.3 Å². The Morgan fingerprint density at radius 1 is 1.30 bits per heavy atom. The molecule has 1 fully saturated rings. The maximum Gasteiger partial charge on any atom is 0.337 e. The molecule has 5 nitrogen and oxygen atoms in total. The zero-order valence-electron chi connectivity index (χ0n) is 10.6. The van der Waals surface area contributed by atoms with E-state index in [-0.39, 0.29) is 17.2 Å². The first-order chi connectivity index (χ1) is 9.47. The third kappa shape index (κ3) is 4.29. The Kier molecular flexibility index (Phi) is 5.17. The van der Waals surface area contributed by atoms with Crippen molar-refractivity contribution in [2.24, 2.45) is 0 Å². The van der Waals surface area contributed by atoms with Gasteiger partial charge in [-0.2, -0.15) is 0 Å². The highest BCUT2D eigenvalue weighted by Crippen LogP contribution is 2.31. The molecule has 20 heavy (non-hydrogen) atoms. The van der Waals surface area contributed by atoms with Gasteiger partial charge in [-0.15, -0.1) is 0 Å². The lowest BCUT2D eigenvalue weighted by Crippen LogP contribution is -2.24. The molecule has 0 heterocycles. The normalized spacial score (nSPS) is 14.1. The second-order valence-electron chi connectivity index (χ2n) is 4.64. The summed E-state index contributed by atoms with van der Waals surface area (Å²) >= 11 is 6.50. The lowest BCUT2D eigenvalue weighted by molar-refractivity contribution is -0.116. The number of anilines is 1. The summed E-state index contributed by atoms with van der Waals surface area (Å²) in [6, 6.07) is 3.71. The summed E-state index contributed by atoms with van der Waals surface area (Å²) in [5.74, 6) is -1.29. The fourth-order valence-electron chi connectivity index (χ4n) is 1.75. The summed E-state index contributed by atoms with van der Waals surface area (Å²) in [5.41, 5.74) is 0.340. The largest absolute Gasteiger partial charge is 0.478 e. The van der Waals surface area contributed by atoms with Crippen LogP contribution in [-0.4, -0.2) is 29.6 Å². The Morgan fingerprint density at radius 3 is 2.60 bits per heavy atom. The minimum absolute atomic E-state index is 0.0507. The number of carboxylic acids is 1. The predicted octanol–water partition coefficient (Wildman–Crippen LogP) is 2.99. The van der Waals surface area contributed by atoms with Crippen LogP contribution in [-0.2, 0) is 4.79 Å². The fourth-order valence-corrected chi connectivity index (χ4v) is 3.07. The van der Waals surface area contributed by atoms with Gasteiger partial charge in [0.15, 0.2) is 0 Å². The highest BCUT2D eigenvalue weighted by Gasteiger charge is 2.21. The van der Waals surface area contributed by atoms with Gasteiger partial charge in [-0.3, -0.25) is 4.79 Å². The van der Waals surface area contributed by atoms with E-state index in [9.17, 15) is 14.7 Å². The van der Waals surface area contributed by atoms with Gasteiger partial charge < -0.3 is 15.7 Å². The van der Waals surface area contributed by atoms with Crippen molar-refractivity contribution in [2.75, 3.05) is 11.9 Å². The summed E-state index contributed by atoms with van der Waals surface area (Å²) in [4.78, 5) is 23.1. The third-order valence-electron chi connectivity index (χ3n) is 2.91. The van der Waals surface area contributed by atoms with E-state index in [1.165, 1.54) is 18.9 Å². The summed E-state index contributed by atoms with van der Waals surface area (Å²) in [7, 11) is 0. The molecule has 3 N–H and O–H groups in total. The van der Waals surface area contributed by atoms with Crippen LogP contribution in [0.4, 0.5) is 5.69 Å². The molecule has 1 aliphatic carbocycles. The average Bonchev–Trinajstić information content (AvgIpc) is 3.16. The molecule has 0 unspecified atom stereocenters. The topological polar surface area (TPSA) is 78.4 Å². The van der Waals surface area contributed by atoms with E-state index in [4.69, 9.17) is 0 Å². The fraction of sp³-hybridized carbons (Fsp3) is 0.385. The molecule has 0 aliphatic heterocycles. The number of amides is 1. The number of aromatic carboxylic acids is 1. The monoisotopic (exact) mass is 404 g/mol. The van der Waals surface area contributed by atoms with Crippen molar-refractivity contribution in [3.8, 4) is 0 Å². The van der Waals surface area contributed by atoms with Gasteiger partial charge in [0.1, 0.15) is 0 Å². The summed E-state index contributed by atoms with van der Waals surface area (Å²) in [5, 5.41) is 15.1. The lowest BCUT2D eigenvalue weighted by Gasteiger charge is -2.11. The summed E-state index contributed by atoms with van der Waals surface area (Å²) < 4.78 is 1.17. The molecule has 1 saturated carbocycles. The lowest BCUT2D eigenvalue weighted by atomic mass is 10.1. The van der Waals surface area contributed by atoms with Gasteiger partial charge in [0, 0.05) is 28.0 Å². The number of carbonyl (C=O) groups is 2.